The third-order valence-electron chi connectivity index (χ3n) is 3.70. The van der Waals surface area contributed by atoms with Crippen LogP contribution in [0.5, 0.6) is 0 Å². The Hall–Kier alpha value is -1.59. The van der Waals surface area contributed by atoms with Crippen molar-refractivity contribution in [1.82, 2.24) is 15.0 Å². The van der Waals surface area contributed by atoms with Gasteiger partial charge in [0, 0.05) is 25.7 Å². The van der Waals surface area contributed by atoms with Crippen LogP contribution in [0.15, 0.2) is 0 Å². The fraction of sp³-hybridized carbons (Fsp3) is 0.786. The Bertz CT molecular complexity index is 428. The van der Waals surface area contributed by atoms with E-state index in [0.717, 1.165) is 25.6 Å². The van der Waals surface area contributed by atoms with Gasteiger partial charge >= 0.3 is 0 Å². The highest BCUT2D eigenvalue weighted by Gasteiger charge is 2.18. The summed E-state index contributed by atoms with van der Waals surface area (Å²) in [4.78, 5) is 15.8. The first-order chi connectivity index (χ1) is 9.60. The van der Waals surface area contributed by atoms with Crippen molar-refractivity contribution >= 4 is 17.8 Å². The molecular formula is C14H26N6. The molecule has 2 rings (SSSR count). The van der Waals surface area contributed by atoms with E-state index in [1.807, 2.05) is 6.92 Å². The minimum Gasteiger partial charge on any atom is -0.354 e. The molecule has 1 aromatic heterocycles. The number of nitrogens with zero attached hydrogens (tertiary/aromatic N) is 4. The van der Waals surface area contributed by atoms with Gasteiger partial charge in [-0.3, -0.25) is 0 Å². The van der Waals surface area contributed by atoms with Crippen LogP contribution >= 0.6 is 0 Å². The summed E-state index contributed by atoms with van der Waals surface area (Å²) in [6.07, 6.45) is 2.43. The van der Waals surface area contributed by atoms with Crippen LogP contribution in [0.25, 0.3) is 0 Å². The lowest BCUT2D eigenvalue weighted by molar-refractivity contribution is 0.556. The zero-order valence-electron chi connectivity index (χ0n) is 13.0. The molecule has 0 aromatic carbocycles. The normalized spacial score (nSPS) is 16.6. The van der Waals surface area contributed by atoms with E-state index in [1.54, 1.807) is 0 Å². The zero-order chi connectivity index (χ0) is 14.5. The second-order valence-electron chi connectivity index (χ2n) is 5.68. The maximum Gasteiger partial charge on any atom is 0.231 e. The van der Waals surface area contributed by atoms with Crippen LogP contribution in [-0.4, -0.2) is 40.6 Å². The van der Waals surface area contributed by atoms with Gasteiger partial charge in [-0.2, -0.15) is 15.0 Å². The summed E-state index contributed by atoms with van der Waals surface area (Å²) in [6.45, 7) is 11.4. The predicted molar refractivity (Wildman–Crippen MR) is 83.4 cm³/mol. The van der Waals surface area contributed by atoms with Gasteiger partial charge in [-0.1, -0.05) is 13.8 Å². The molecule has 0 aliphatic carbocycles. The molecule has 1 aliphatic rings. The average molecular weight is 278 g/mol. The Morgan fingerprint density at radius 3 is 2.30 bits per heavy atom. The zero-order valence-corrected chi connectivity index (χ0v) is 13.0. The van der Waals surface area contributed by atoms with Gasteiger partial charge in [0.15, 0.2) is 0 Å². The largest absolute Gasteiger partial charge is 0.354 e. The van der Waals surface area contributed by atoms with Crippen molar-refractivity contribution < 1.29 is 0 Å². The summed E-state index contributed by atoms with van der Waals surface area (Å²) < 4.78 is 0. The minimum atomic E-state index is 0.332. The van der Waals surface area contributed by atoms with Crippen molar-refractivity contribution in [1.29, 1.82) is 0 Å². The Morgan fingerprint density at radius 2 is 1.70 bits per heavy atom. The first kappa shape index (κ1) is 14.8. The van der Waals surface area contributed by atoms with Gasteiger partial charge in [-0.15, -0.1) is 0 Å². The summed E-state index contributed by atoms with van der Waals surface area (Å²) in [6, 6.07) is 0.332. The van der Waals surface area contributed by atoms with Crippen LogP contribution in [-0.2, 0) is 0 Å². The summed E-state index contributed by atoms with van der Waals surface area (Å²) >= 11 is 0. The Morgan fingerprint density at radius 1 is 1.05 bits per heavy atom. The first-order valence-electron chi connectivity index (χ1n) is 7.61. The number of hydrogen-bond donors (Lipinski definition) is 2. The summed E-state index contributed by atoms with van der Waals surface area (Å²) in [5, 5.41) is 6.56. The molecule has 1 unspecified atom stereocenters. The molecule has 1 saturated heterocycles. The van der Waals surface area contributed by atoms with Crippen LogP contribution in [0.3, 0.4) is 0 Å². The van der Waals surface area contributed by atoms with Crippen LogP contribution in [0.4, 0.5) is 17.8 Å². The third-order valence-corrected chi connectivity index (χ3v) is 3.70. The number of aromatic nitrogens is 3. The van der Waals surface area contributed by atoms with E-state index in [2.05, 4.69) is 51.3 Å². The molecule has 6 nitrogen and oxygen atoms in total. The molecule has 6 heteroatoms. The molecule has 2 N–H and O–H groups in total. The SMILES string of the molecule is CCNc1nc(NC(C)C(C)C)nc(N2CCCC2)n1. The van der Waals surface area contributed by atoms with E-state index in [9.17, 15) is 0 Å². The molecule has 0 bridgehead atoms. The van der Waals surface area contributed by atoms with Gasteiger partial charge in [-0.05, 0) is 32.6 Å². The van der Waals surface area contributed by atoms with Gasteiger partial charge in [0.1, 0.15) is 0 Å². The Labute approximate surface area is 121 Å². The highest BCUT2D eigenvalue weighted by Crippen LogP contribution is 2.19. The van der Waals surface area contributed by atoms with Gasteiger partial charge in [0.05, 0.1) is 0 Å². The minimum absolute atomic E-state index is 0.332. The van der Waals surface area contributed by atoms with Gasteiger partial charge in [0.25, 0.3) is 0 Å². The monoisotopic (exact) mass is 278 g/mol. The standard InChI is InChI=1S/C14H26N6/c1-5-15-12-17-13(16-11(4)10(2)3)19-14(18-12)20-8-6-7-9-20/h10-11H,5-9H2,1-4H3,(H2,15,16,17,18,19). The van der Waals surface area contributed by atoms with Crippen LogP contribution in [0.2, 0.25) is 0 Å². The van der Waals surface area contributed by atoms with E-state index in [0.29, 0.717) is 23.9 Å². The molecule has 0 radical (unpaired) electrons. The third kappa shape index (κ3) is 3.71. The molecular weight excluding hydrogens is 252 g/mol. The van der Waals surface area contributed by atoms with Crippen LogP contribution in [0.1, 0.15) is 40.5 Å². The molecule has 0 amide bonds. The van der Waals surface area contributed by atoms with E-state index in [-0.39, 0.29) is 0 Å². The van der Waals surface area contributed by atoms with Crippen molar-refractivity contribution in [2.45, 2.75) is 46.6 Å². The number of anilines is 3. The van der Waals surface area contributed by atoms with Crippen LogP contribution in [0, 0.1) is 5.92 Å². The highest BCUT2D eigenvalue weighted by atomic mass is 15.3. The quantitative estimate of drug-likeness (QED) is 0.832. The van der Waals surface area contributed by atoms with E-state index >= 15 is 0 Å². The van der Waals surface area contributed by atoms with E-state index < -0.39 is 0 Å². The van der Waals surface area contributed by atoms with E-state index in [1.165, 1.54) is 12.8 Å². The maximum absolute atomic E-state index is 4.57. The molecule has 0 spiro atoms. The molecule has 1 fully saturated rings. The molecule has 0 saturated carbocycles. The second-order valence-corrected chi connectivity index (χ2v) is 5.68. The predicted octanol–water partition coefficient (Wildman–Crippen LogP) is 2.36. The summed E-state index contributed by atoms with van der Waals surface area (Å²) in [7, 11) is 0. The van der Waals surface area contributed by atoms with Gasteiger partial charge in [-0.25, -0.2) is 0 Å². The summed E-state index contributed by atoms with van der Waals surface area (Å²) in [5.41, 5.74) is 0. The number of nitrogens with one attached hydrogen (secondary N) is 2. The molecule has 2 heterocycles. The maximum atomic E-state index is 4.57. The molecule has 20 heavy (non-hydrogen) atoms. The summed E-state index contributed by atoms with van der Waals surface area (Å²) in [5.74, 6) is 2.64. The lowest BCUT2D eigenvalue weighted by atomic mass is 10.1. The van der Waals surface area contributed by atoms with Crippen LogP contribution < -0.4 is 15.5 Å². The average Bonchev–Trinajstić information content (AvgIpc) is 2.92. The van der Waals surface area contributed by atoms with Crippen molar-refractivity contribution in [3.63, 3.8) is 0 Å². The Balaban J connectivity index is 2.20. The van der Waals surface area contributed by atoms with Crippen molar-refractivity contribution in [3.8, 4) is 0 Å². The second kappa shape index (κ2) is 6.72. The van der Waals surface area contributed by atoms with Crippen molar-refractivity contribution in [2.24, 2.45) is 5.92 Å². The van der Waals surface area contributed by atoms with Crippen molar-refractivity contribution in [2.75, 3.05) is 35.2 Å². The lowest BCUT2D eigenvalue weighted by Gasteiger charge is -2.20. The Kier molecular flexibility index (Phi) is 4.98. The van der Waals surface area contributed by atoms with Crippen molar-refractivity contribution in [3.05, 3.63) is 0 Å². The number of hydrogen-bond acceptors (Lipinski definition) is 6. The topological polar surface area (TPSA) is 66.0 Å². The van der Waals surface area contributed by atoms with Gasteiger partial charge in [0.2, 0.25) is 17.8 Å². The molecule has 1 aliphatic heterocycles. The highest BCUT2D eigenvalue weighted by molar-refractivity contribution is 5.44. The smallest absolute Gasteiger partial charge is 0.231 e. The van der Waals surface area contributed by atoms with Gasteiger partial charge < -0.3 is 15.5 Å². The van der Waals surface area contributed by atoms with E-state index in [4.69, 9.17) is 0 Å². The lowest BCUT2D eigenvalue weighted by Crippen LogP contribution is -2.26. The fourth-order valence-corrected chi connectivity index (χ4v) is 2.10. The number of rotatable bonds is 6. The molecule has 1 aromatic rings. The molecule has 1 atom stereocenters. The first-order valence-corrected chi connectivity index (χ1v) is 7.61. The molecule has 112 valence electrons. The fourth-order valence-electron chi connectivity index (χ4n) is 2.10.